The second-order valence-corrected chi connectivity index (χ2v) is 7.10. The Morgan fingerprint density at radius 2 is 2.17 bits per heavy atom. The van der Waals surface area contributed by atoms with Gasteiger partial charge in [0.25, 0.3) is 0 Å². The van der Waals surface area contributed by atoms with Gasteiger partial charge >= 0.3 is 0 Å². The van der Waals surface area contributed by atoms with Gasteiger partial charge < -0.3 is 0 Å². The number of piperidine rings is 1. The predicted octanol–water partition coefficient (Wildman–Crippen LogP) is 2.46. The van der Waals surface area contributed by atoms with Crippen LogP contribution in [0, 0.1) is 11.7 Å². The summed E-state index contributed by atoms with van der Waals surface area (Å²) in [6.07, 6.45) is 0.622. The standard InChI is InChI=1S/C12H15ClFNO2S/c1-9-8-15(6-5-12(9)13)18(16,17)11-4-2-3-10(14)7-11/h2-4,7,9,12H,5-6,8H2,1H3. The number of alkyl halides is 1. The molecule has 3 nitrogen and oxygen atoms in total. The van der Waals surface area contributed by atoms with Crippen LogP contribution in [0.2, 0.25) is 0 Å². The Labute approximate surface area is 112 Å². The van der Waals surface area contributed by atoms with Crippen LogP contribution in [0.5, 0.6) is 0 Å². The molecule has 1 saturated heterocycles. The summed E-state index contributed by atoms with van der Waals surface area (Å²) in [5.41, 5.74) is 0. The van der Waals surface area contributed by atoms with Crippen molar-refractivity contribution in [3.63, 3.8) is 0 Å². The van der Waals surface area contributed by atoms with Gasteiger partial charge in [-0.05, 0) is 30.5 Å². The summed E-state index contributed by atoms with van der Waals surface area (Å²) in [6.45, 7) is 2.69. The number of hydrogen-bond acceptors (Lipinski definition) is 2. The largest absolute Gasteiger partial charge is 0.243 e. The lowest BCUT2D eigenvalue weighted by Gasteiger charge is -2.33. The summed E-state index contributed by atoms with van der Waals surface area (Å²) in [7, 11) is -3.61. The van der Waals surface area contributed by atoms with Crippen molar-refractivity contribution >= 4 is 21.6 Å². The van der Waals surface area contributed by atoms with Gasteiger partial charge in [0.2, 0.25) is 10.0 Å². The summed E-state index contributed by atoms with van der Waals surface area (Å²) >= 11 is 6.07. The molecule has 0 spiro atoms. The minimum atomic E-state index is -3.61. The van der Waals surface area contributed by atoms with E-state index in [1.54, 1.807) is 0 Å². The molecule has 18 heavy (non-hydrogen) atoms. The van der Waals surface area contributed by atoms with Crippen molar-refractivity contribution in [2.75, 3.05) is 13.1 Å². The molecule has 0 radical (unpaired) electrons. The molecule has 2 rings (SSSR count). The lowest BCUT2D eigenvalue weighted by Crippen LogP contribution is -2.43. The Balaban J connectivity index is 2.27. The first-order valence-electron chi connectivity index (χ1n) is 5.81. The van der Waals surface area contributed by atoms with E-state index in [2.05, 4.69) is 0 Å². The highest BCUT2D eigenvalue weighted by atomic mass is 35.5. The molecule has 1 heterocycles. The van der Waals surface area contributed by atoms with Gasteiger partial charge in [-0.1, -0.05) is 13.0 Å². The van der Waals surface area contributed by atoms with Crippen molar-refractivity contribution in [3.05, 3.63) is 30.1 Å². The fourth-order valence-electron chi connectivity index (χ4n) is 2.07. The van der Waals surface area contributed by atoms with Crippen LogP contribution < -0.4 is 0 Å². The maximum atomic E-state index is 13.1. The molecule has 0 amide bonds. The zero-order chi connectivity index (χ0) is 13.3. The number of halogens is 2. The first kappa shape index (κ1) is 13.8. The Bertz CT molecular complexity index is 535. The van der Waals surface area contributed by atoms with E-state index in [0.29, 0.717) is 19.5 Å². The van der Waals surface area contributed by atoms with Crippen molar-refractivity contribution in [1.29, 1.82) is 0 Å². The molecular weight excluding hydrogens is 277 g/mol. The van der Waals surface area contributed by atoms with Gasteiger partial charge in [-0.2, -0.15) is 4.31 Å². The molecule has 6 heteroatoms. The monoisotopic (exact) mass is 291 g/mol. The third-order valence-electron chi connectivity index (χ3n) is 3.20. The normalized spacial score (nSPS) is 26.2. The van der Waals surface area contributed by atoms with Crippen LogP contribution in [0.25, 0.3) is 0 Å². The van der Waals surface area contributed by atoms with Crippen molar-refractivity contribution in [2.45, 2.75) is 23.6 Å². The highest BCUT2D eigenvalue weighted by molar-refractivity contribution is 7.89. The highest BCUT2D eigenvalue weighted by Gasteiger charge is 2.32. The predicted molar refractivity (Wildman–Crippen MR) is 68.6 cm³/mol. The third kappa shape index (κ3) is 2.68. The zero-order valence-corrected chi connectivity index (χ0v) is 11.6. The summed E-state index contributed by atoms with van der Waals surface area (Å²) < 4.78 is 39.1. The number of rotatable bonds is 2. The Hall–Kier alpha value is -0.650. The highest BCUT2D eigenvalue weighted by Crippen LogP contribution is 2.26. The molecule has 1 fully saturated rings. The minimum absolute atomic E-state index is 0.00252. The van der Waals surface area contributed by atoms with Crippen molar-refractivity contribution < 1.29 is 12.8 Å². The van der Waals surface area contributed by atoms with Crippen LogP contribution in [0.1, 0.15) is 13.3 Å². The fourth-order valence-corrected chi connectivity index (χ4v) is 3.84. The van der Waals surface area contributed by atoms with E-state index in [-0.39, 0.29) is 16.2 Å². The van der Waals surface area contributed by atoms with E-state index in [1.165, 1.54) is 22.5 Å². The molecular formula is C12H15ClFNO2S. The van der Waals surface area contributed by atoms with E-state index >= 15 is 0 Å². The number of hydrogen-bond donors (Lipinski definition) is 0. The molecule has 0 N–H and O–H groups in total. The van der Waals surface area contributed by atoms with E-state index in [9.17, 15) is 12.8 Å². The lowest BCUT2D eigenvalue weighted by molar-refractivity contribution is 0.286. The maximum Gasteiger partial charge on any atom is 0.243 e. The van der Waals surface area contributed by atoms with E-state index in [1.807, 2.05) is 6.92 Å². The molecule has 2 atom stereocenters. The van der Waals surface area contributed by atoms with Crippen LogP contribution in [-0.2, 0) is 10.0 Å². The van der Waals surface area contributed by atoms with Gasteiger partial charge in [0, 0.05) is 18.5 Å². The second-order valence-electron chi connectivity index (χ2n) is 4.60. The lowest BCUT2D eigenvalue weighted by atomic mass is 10.0. The average molecular weight is 292 g/mol. The summed E-state index contributed by atoms with van der Waals surface area (Å²) in [6, 6.07) is 5.09. The van der Waals surface area contributed by atoms with Crippen molar-refractivity contribution in [3.8, 4) is 0 Å². The van der Waals surface area contributed by atoms with Crippen molar-refractivity contribution in [1.82, 2.24) is 4.31 Å². The van der Waals surface area contributed by atoms with Crippen molar-refractivity contribution in [2.24, 2.45) is 5.92 Å². The van der Waals surface area contributed by atoms with Gasteiger partial charge in [-0.25, -0.2) is 12.8 Å². The van der Waals surface area contributed by atoms with Gasteiger partial charge in [-0.15, -0.1) is 11.6 Å². The molecule has 1 aromatic carbocycles. The summed E-state index contributed by atoms with van der Waals surface area (Å²) in [5, 5.41) is 0.00367. The molecule has 1 aliphatic heterocycles. The Morgan fingerprint density at radius 1 is 1.44 bits per heavy atom. The molecule has 100 valence electrons. The number of benzene rings is 1. The van der Waals surface area contributed by atoms with Gasteiger partial charge in [0.1, 0.15) is 5.82 Å². The summed E-state index contributed by atoms with van der Waals surface area (Å²) in [5.74, 6) is -0.444. The average Bonchev–Trinajstić information content (AvgIpc) is 2.32. The smallest absolute Gasteiger partial charge is 0.207 e. The maximum absolute atomic E-state index is 13.1. The summed E-state index contributed by atoms with van der Waals surface area (Å²) in [4.78, 5) is 0.00252. The SMILES string of the molecule is CC1CN(S(=O)(=O)c2cccc(F)c2)CCC1Cl. The first-order valence-corrected chi connectivity index (χ1v) is 7.68. The molecule has 0 aromatic heterocycles. The Morgan fingerprint density at radius 3 is 2.78 bits per heavy atom. The third-order valence-corrected chi connectivity index (χ3v) is 5.71. The molecule has 2 unspecified atom stereocenters. The zero-order valence-electron chi connectivity index (χ0n) is 10.0. The van der Waals surface area contributed by atoms with Crippen LogP contribution >= 0.6 is 11.6 Å². The Kier molecular flexibility index (Phi) is 3.94. The molecule has 1 aromatic rings. The van der Waals surface area contributed by atoms with Crippen LogP contribution in [-0.4, -0.2) is 31.2 Å². The second kappa shape index (κ2) is 5.15. The van der Waals surface area contributed by atoms with Crippen LogP contribution in [0.4, 0.5) is 4.39 Å². The quantitative estimate of drug-likeness (QED) is 0.785. The molecule has 0 bridgehead atoms. The van der Waals surface area contributed by atoms with Crippen LogP contribution in [0.3, 0.4) is 0 Å². The van der Waals surface area contributed by atoms with Crippen LogP contribution in [0.15, 0.2) is 29.2 Å². The molecule has 0 saturated carbocycles. The molecule has 1 aliphatic rings. The van der Waals surface area contributed by atoms with Gasteiger partial charge in [0.15, 0.2) is 0 Å². The fraction of sp³-hybridized carbons (Fsp3) is 0.500. The van der Waals surface area contributed by atoms with E-state index in [4.69, 9.17) is 11.6 Å². The molecule has 0 aliphatic carbocycles. The van der Waals surface area contributed by atoms with Gasteiger partial charge in [-0.3, -0.25) is 0 Å². The topological polar surface area (TPSA) is 37.4 Å². The number of nitrogens with zero attached hydrogens (tertiary/aromatic N) is 1. The van der Waals surface area contributed by atoms with Gasteiger partial charge in [0.05, 0.1) is 4.90 Å². The number of sulfonamides is 1. The first-order chi connectivity index (χ1) is 8.41. The minimum Gasteiger partial charge on any atom is -0.207 e. The van der Waals surface area contributed by atoms with E-state index in [0.717, 1.165) is 6.07 Å². The van der Waals surface area contributed by atoms with E-state index < -0.39 is 15.8 Å².